The maximum Gasteiger partial charge on any atom is 0.189 e. The second-order valence-electron chi connectivity index (χ2n) is 18.3. The minimum atomic E-state index is -1.57. The summed E-state index contributed by atoms with van der Waals surface area (Å²) in [6.45, 7) is 10.8. The van der Waals surface area contributed by atoms with Crippen LogP contribution in [0.4, 0.5) is 0 Å². The molecule has 4 aliphatic carbocycles. The topological polar surface area (TPSA) is 169 Å². The van der Waals surface area contributed by atoms with Crippen LogP contribution in [0.15, 0.2) is 0 Å². The largest absolute Gasteiger partial charge is 0.388 e. The molecule has 12 heteroatoms. The van der Waals surface area contributed by atoms with Crippen molar-refractivity contribution in [3.8, 4) is 0 Å². The number of aliphatic hydroxyl groups excluding tert-OH is 5. The van der Waals surface area contributed by atoms with E-state index in [9.17, 15) is 25.5 Å². The Hall–Kier alpha value is -0.480. The van der Waals surface area contributed by atoms with Crippen LogP contribution in [-0.2, 0) is 28.4 Å². The first kappa shape index (κ1) is 36.5. The number of ether oxygens (including phenoxy) is 6. The standard InChI is InChI=1S/C38H63NO11/c1-18-8-13-38(39-16-18)19(2)27-26(50-38)15-24-22-7-6-20-14-21(9-11-36(20,3)23(22)10-12-37(24,27)4)47-35-31(44)32(30(43)33(45-5)49-35)48-34-29(42)28(41)25(40)17-46-34/h18-35,39-44H,6-17H2,1-5H3. The molecule has 8 fully saturated rings. The zero-order chi connectivity index (χ0) is 35.3. The minimum Gasteiger partial charge on any atom is -0.388 e. The van der Waals surface area contributed by atoms with Gasteiger partial charge in [-0.1, -0.05) is 27.7 Å². The Bertz CT molecular complexity index is 1220. The van der Waals surface area contributed by atoms with Gasteiger partial charge in [-0.25, -0.2) is 0 Å². The van der Waals surface area contributed by atoms with E-state index in [0.717, 1.165) is 44.1 Å². The van der Waals surface area contributed by atoms with Crippen molar-refractivity contribution < 1.29 is 54.0 Å². The fraction of sp³-hybridized carbons (Fsp3) is 1.00. The number of hydrogen-bond donors (Lipinski definition) is 6. The molecule has 12 nitrogen and oxygen atoms in total. The maximum absolute atomic E-state index is 11.4. The Morgan fingerprint density at radius 1 is 0.740 bits per heavy atom. The number of aliphatic hydroxyl groups is 5. The first-order valence-electron chi connectivity index (χ1n) is 19.7. The van der Waals surface area contributed by atoms with Crippen molar-refractivity contribution in [1.29, 1.82) is 0 Å². The maximum atomic E-state index is 11.4. The lowest BCUT2D eigenvalue weighted by Gasteiger charge is -2.61. The molecule has 0 amide bonds. The molecule has 21 atom stereocenters. The van der Waals surface area contributed by atoms with Crippen molar-refractivity contribution in [3.63, 3.8) is 0 Å². The van der Waals surface area contributed by atoms with Gasteiger partial charge in [0, 0.05) is 19.6 Å². The summed E-state index contributed by atoms with van der Waals surface area (Å²) in [7, 11) is 1.39. The quantitative estimate of drug-likeness (QED) is 0.231. The first-order chi connectivity index (χ1) is 23.8. The zero-order valence-electron chi connectivity index (χ0n) is 30.6. The monoisotopic (exact) mass is 709 g/mol. The minimum absolute atomic E-state index is 0.130. The number of piperidine rings is 1. The van der Waals surface area contributed by atoms with Gasteiger partial charge in [-0.3, -0.25) is 5.32 Å². The van der Waals surface area contributed by atoms with Crippen molar-refractivity contribution in [2.45, 2.75) is 165 Å². The lowest BCUT2D eigenvalue weighted by atomic mass is 9.44. The number of rotatable bonds is 5. The number of nitrogens with one attached hydrogen (secondary N) is 1. The smallest absolute Gasteiger partial charge is 0.189 e. The lowest BCUT2D eigenvalue weighted by molar-refractivity contribution is -0.382. The van der Waals surface area contributed by atoms with E-state index in [0.29, 0.717) is 41.1 Å². The van der Waals surface area contributed by atoms with Crippen LogP contribution in [0.1, 0.15) is 91.9 Å². The average Bonchev–Trinajstić information content (AvgIpc) is 3.54. The zero-order valence-corrected chi connectivity index (χ0v) is 30.6. The van der Waals surface area contributed by atoms with Gasteiger partial charge in [-0.05, 0) is 111 Å². The molecule has 1 spiro atoms. The van der Waals surface area contributed by atoms with Gasteiger partial charge in [-0.2, -0.15) is 0 Å². The molecule has 4 heterocycles. The number of hydrogen-bond acceptors (Lipinski definition) is 12. The molecule has 50 heavy (non-hydrogen) atoms. The average molecular weight is 710 g/mol. The molecule has 0 aromatic rings. The van der Waals surface area contributed by atoms with Gasteiger partial charge in [0.2, 0.25) is 0 Å². The Balaban J connectivity index is 0.916. The van der Waals surface area contributed by atoms with Crippen molar-refractivity contribution in [2.24, 2.45) is 52.3 Å². The molecule has 6 N–H and O–H groups in total. The summed E-state index contributed by atoms with van der Waals surface area (Å²) in [5, 5.41) is 56.6. The van der Waals surface area contributed by atoms with Crippen LogP contribution >= 0.6 is 0 Å². The van der Waals surface area contributed by atoms with Crippen LogP contribution < -0.4 is 5.32 Å². The Morgan fingerprint density at radius 3 is 2.24 bits per heavy atom. The summed E-state index contributed by atoms with van der Waals surface area (Å²) in [6.07, 6.45) is -0.505. The molecule has 21 unspecified atom stereocenters. The van der Waals surface area contributed by atoms with E-state index in [-0.39, 0.29) is 23.9 Å². The van der Waals surface area contributed by atoms with Crippen molar-refractivity contribution in [1.82, 2.24) is 5.32 Å². The van der Waals surface area contributed by atoms with Crippen LogP contribution in [0.25, 0.3) is 0 Å². The second kappa shape index (κ2) is 13.4. The third kappa shape index (κ3) is 5.68. The summed E-state index contributed by atoms with van der Waals surface area (Å²) < 4.78 is 36.1. The van der Waals surface area contributed by atoms with Gasteiger partial charge in [0.1, 0.15) is 42.3 Å². The highest BCUT2D eigenvalue weighted by Gasteiger charge is 2.68. The molecule has 4 saturated carbocycles. The van der Waals surface area contributed by atoms with E-state index >= 15 is 0 Å². The molecular weight excluding hydrogens is 646 g/mol. The Kier molecular flexibility index (Phi) is 9.76. The molecule has 4 saturated heterocycles. The van der Waals surface area contributed by atoms with E-state index in [1.54, 1.807) is 0 Å². The van der Waals surface area contributed by atoms with E-state index < -0.39 is 55.5 Å². The van der Waals surface area contributed by atoms with Gasteiger partial charge < -0.3 is 54.0 Å². The molecule has 8 aliphatic rings. The summed E-state index contributed by atoms with van der Waals surface area (Å²) in [4.78, 5) is 0. The number of methoxy groups -OCH3 is 1. The van der Waals surface area contributed by atoms with Crippen LogP contribution in [0.3, 0.4) is 0 Å². The fourth-order valence-electron chi connectivity index (χ4n) is 13.1. The Morgan fingerprint density at radius 2 is 1.50 bits per heavy atom. The van der Waals surface area contributed by atoms with Gasteiger partial charge >= 0.3 is 0 Å². The molecule has 4 aliphatic heterocycles. The first-order valence-corrected chi connectivity index (χ1v) is 19.7. The third-order valence-corrected chi connectivity index (χ3v) is 15.9. The predicted molar refractivity (Wildman–Crippen MR) is 179 cm³/mol. The van der Waals surface area contributed by atoms with Gasteiger partial charge in [0.05, 0.1) is 18.8 Å². The van der Waals surface area contributed by atoms with E-state index in [2.05, 4.69) is 33.0 Å². The summed E-state index contributed by atoms with van der Waals surface area (Å²) in [6, 6.07) is 0. The van der Waals surface area contributed by atoms with Crippen molar-refractivity contribution in [3.05, 3.63) is 0 Å². The highest BCUT2D eigenvalue weighted by atomic mass is 16.8. The van der Waals surface area contributed by atoms with Gasteiger partial charge in [-0.15, -0.1) is 0 Å². The summed E-state index contributed by atoms with van der Waals surface area (Å²) in [5.74, 6) is 4.51. The second-order valence-corrected chi connectivity index (χ2v) is 18.3. The van der Waals surface area contributed by atoms with Gasteiger partial charge in [0.25, 0.3) is 0 Å². The van der Waals surface area contributed by atoms with Crippen molar-refractivity contribution >= 4 is 0 Å². The Labute approximate surface area is 296 Å². The number of fused-ring (bicyclic) bond motifs is 7. The summed E-state index contributed by atoms with van der Waals surface area (Å²) in [5.41, 5.74) is 0.434. The van der Waals surface area contributed by atoms with E-state index in [1.165, 1.54) is 45.6 Å². The predicted octanol–water partition coefficient (Wildman–Crippen LogP) is 2.27. The van der Waals surface area contributed by atoms with Gasteiger partial charge in [0.15, 0.2) is 18.9 Å². The molecule has 8 rings (SSSR count). The van der Waals surface area contributed by atoms with Crippen LogP contribution in [0, 0.1) is 52.3 Å². The SMILES string of the molecule is COC1OC(OC2CCC3(C)C(CCC4C3CCC3(C)C4CC4OC5(CCC(C)CN5)C(C)C43)C2)C(O)C(OC2OCC(O)C(O)C2O)C1O. The molecule has 0 aromatic heterocycles. The lowest BCUT2D eigenvalue weighted by Crippen LogP contribution is -2.63. The molecular formula is C38H63NO11. The third-order valence-electron chi connectivity index (χ3n) is 15.9. The fourth-order valence-corrected chi connectivity index (χ4v) is 13.1. The van der Waals surface area contributed by atoms with Crippen LogP contribution in [0.5, 0.6) is 0 Å². The highest BCUT2D eigenvalue weighted by Crippen LogP contribution is 2.71. The molecule has 0 aromatic carbocycles. The molecule has 286 valence electrons. The van der Waals surface area contributed by atoms with Crippen molar-refractivity contribution in [2.75, 3.05) is 20.3 Å². The van der Waals surface area contributed by atoms with E-state index in [1.807, 2.05) is 0 Å². The normalized spacial score (nSPS) is 59.4. The summed E-state index contributed by atoms with van der Waals surface area (Å²) >= 11 is 0. The molecule has 0 radical (unpaired) electrons. The van der Waals surface area contributed by atoms with Crippen LogP contribution in [0.2, 0.25) is 0 Å². The molecule has 0 bridgehead atoms. The van der Waals surface area contributed by atoms with Crippen LogP contribution in [-0.4, -0.2) is 119 Å². The van der Waals surface area contributed by atoms with E-state index in [4.69, 9.17) is 28.4 Å². The highest BCUT2D eigenvalue weighted by molar-refractivity contribution is 5.16.